The number of furan rings is 1. The van der Waals surface area contributed by atoms with Gasteiger partial charge in [0, 0.05) is 12.6 Å². The van der Waals surface area contributed by atoms with E-state index in [0.717, 1.165) is 18.8 Å². The first kappa shape index (κ1) is 9.74. The summed E-state index contributed by atoms with van der Waals surface area (Å²) >= 11 is 0. The average Bonchev–Trinajstić information content (AvgIpc) is 2.54. The molecule has 3 nitrogen and oxygen atoms in total. The SMILES string of the molecule is OCCN(Cc1ccco1)C1CCC1. The molecule has 14 heavy (non-hydrogen) atoms. The fourth-order valence-corrected chi connectivity index (χ4v) is 1.87. The fourth-order valence-electron chi connectivity index (χ4n) is 1.87. The van der Waals surface area contributed by atoms with Gasteiger partial charge in [-0.05, 0) is 25.0 Å². The maximum absolute atomic E-state index is 8.96. The highest BCUT2D eigenvalue weighted by Crippen LogP contribution is 2.25. The van der Waals surface area contributed by atoms with Gasteiger partial charge < -0.3 is 9.52 Å². The summed E-state index contributed by atoms with van der Waals surface area (Å²) in [6.07, 6.45) is 5.55. The number of aliphatic hydroxyl groups excluding tert-OH is 1. The second kappa shape index (κ2) is 4.62. The minimum atomic E-state index is 0.233. The summed E-state index contributed by atoms with van der Waals surface area (Å²) in [4.78, 5) is 2.31. The van der Waals surface area contributed by atoms with E-state index in [1.807, 2.05) is 12.1 Å². The van der Waals surface area contributed by atoms with Crippen molar-refractivity contribution in [3.05, 3.63) is 24.2 Å². The van der Waals surface area contributed by atoms with Gasteiger partial charge >= 0.3 is 0 Å². The molecule has 3 heteroatoms. The molecule has 1 aliphatic rings. The first-order valence-corrected chi connectivity index (χ1v) is 5.27. The van der Waals surface area contributed by atoms with E-state index in [-0.39, 0.29) is 6.61 Å². The first-order valence-electron chi connectivity index (χ1n) is 5.27. The lowest BCUT2D eigenvalue weighted by Crippen LogP contribution is -2.41. The molecule has 1 fully saturated rings. The van der Waals surface area contributed by atoms with Crippen molar-refractivity contribution < 1.29 is 9.52 Å². The van der Waals surface area contributed by atoms with Crippen molar-refractivity contribution in [1.82, 2.24) is 4.90 Å². The Morgan fingerprint density at radius 1 is 1.50 bits per heavy atom. The van der Waals surface area contributed by atoms with Crippen molar-refractivity contribution in [2.45, 2.75) is 31.8 Å². The fraction of sp³-hybridized carbons (Fsp3) is 0.636. The minimum Gasteiger partial charge on any atom is -0.468 e. The van der Waals surface area contributed by atoms with Crippen molar-refractivity contribution in [2.24, 2.45) is 0 Å². The Morgan fingerprint density at radius 3 is 2.86 bits per heavy atom. The molecule has 0 spiro atoms. The standard InChI is InChI=1S/C11H17NO2/c13-7-6-12(10-3-1-4-10)9-11-5-2-8-14-11/h2,5,8,10,13H,1,3-4,6-7,9H2. The average molecular weight is 195 g/mol. The number of nitrogens with zero attached hydrogens (tertiary/aromatic N) is 1. The molecule has 78 valence electrons. The summed E-state index contributed by atoms with van der Waals surface area (Å²) in [6, 6.07) is 4.56. The first-order chi connectivity index (χ1) is 6.90. The zero-order valence-electron chi connectivity index (χ0n) is 8.35. The monoisotopic (exact) mass is 195 g/mol. The highest BCUT2D eigenvalue weighted by molar-refractivity contribution is 4.99. The third kappa shape index (κ3) is 2.16. The second-order valence-corrected chi connectivity index (χ2v) is 3.86. The normalized spacial score (nSPS) is 17.3. The van der Waals surface area contributed by atoms with E-state index in [1.165, 1.54) is 19.3 Å². The number of aliphatic hydroxyl groups is 1. The second-order valence-electron chi connectivity index (χ2n) is 3.86. The Morgan fingerprint density at radius 2 is 2.36 bits per heavy atom. The molecule has 0 unspecified atom stereocenters. The van der Waals surface area contributed by atoms with Crippen LogP contribution in [0.1, 0.15) is 25.0 Å². The van der Waals surface area contributed by atoms with Crippen LogP contribution in [0.15, 0.2) is 22.8 Å². The topological polar surface area (TPSA) is 36.6 Å². The largest absolute Gasteiger partial charge is 0.468 e. The van der Waals surface area contributed by atoms with Crippen LogP contribution in [0.5, 0.6) is 0 Å². The van der Waals surface area contributed by atoms with Crippen LogP contribution in [-0.4, -0.2) is 29.2 Å². The highest BCUT2D eigenvalue weighted by Gasteiger charge is 2.24. The van der Waals surface area contributed by atoms with Gasteiger partial charge in [0.05, 0.1) is 19.4 Å². The maximum atomic E-state index is 8.96. The lowest BCUT2D eigenvalue weighted by molar-refractivity contribution is 0.0878. The van der Waals surface area contributed by atoms with Gasteiger partial charge in [-0.25, -0.2) is 0 Å². The van der Waals surface area contributed by atoms with E-state index in [1.54, 1.807) is 6.26 Å². The van der Waals surface area contributed by atoms with Crippen LogP contribution in [0.2, 0.25) is 0 Å². The van der Waals surface area contributed by atoms with Crippen LogP contribution < -0.4 is 0 Å². The van der Waals surface area contributed by atoms with Crippen LogP contribution in [-0.2, 0) is 6.54 Å². The highest BCUT2D eigenvalue weighted by atomic mass is 16.3. The van der Waals surface area contributed by atoms with Crippen LogP contribution in [0, 0.1) is 0 Å². The molecular weight excluding hydrogens is 178 g/mol. The molecule has 1 saturated carbocycles. The van der Waals surface area contributed by atoms with Crippen molar-refractivity contribution in [3.8, 4) is 0 Å². The smallest absolute Gasteiger partial charge is 0.117 e. The quantitative estimate of drug-likeness (QED) is 0.775. The van der Waals surface area contributed by atoms with Crippen LogP contribution in [0.25, 0.3) is 0 Å². The molecule has 0 saturated heterocycles. The lowest BCUT2D eigenvalue weighted by Gasteiger charge is -2.36. The van der Waals surface area contributed by atoms with Gasteiger partial charge in [-0.15, -0.1) is 0 Å². The Bertz CT molecular complexity index is 254. The Hall–Kier alpha value is -0.800. The summed E-state index contributed by atoms with van der Waals surface area (Å²) in [5.74, 6) is 0.991. The lowest BCUT2D eigenvalue weighted by atomic mass is 9.91. The van der Waals surface area contributed by atoms with E-state index in [9.17, 15) is 0 Å². The zero-order valence-corrected chi connectivity index (χ0v) is 8.35. The van der Waals surface area contributed by atoms with Crippen LogP contribution in [0.4, 0.5) is 0 Å². The predicted molar refractivity (Wildman–Crippen MR) is 53.8 cm³/mol. The maximum Gasteiger partial charge on any atom is 0.117 e. The number of hydrogen-bond donors (Lipinski definition) is 1. The van der Waals surface area contributed by atoms with Crippen molar-refractivity contribution >= 4 is 0 Å². The molecule has 0 radical (unpaired) electrons. The molecule has 0 bridgehead atoms. The van der Waals surface area contributed by atoms with Crippen LogP contribution >= 0.6 is 0 Å². The van der Waals surface area contributed by atoms with Gasteiger partial charge in [-0.3, -0.25) is 4.90 Å². The summed E-state index contributed by atoms with van der Waals surface area (Å²) in [7, 11) is 0. The van der Waals surface area contributed by atoms with E-state index in [4.69, 9.17) is 9.52 Å². The van der Waals surface area contributed by atoms with Crippen molar-refractivity contribution in [2.75, 3.05) is 13.2 Å². The van der Waals surface area contributed by atoms with Gasteiger partial charge in [0.2, 0.25) is 0 Å². The Kier molecular flexibility index (Phi) is 3.22. The number of rotatable bonds is 5. The van der Waals surface area contributed by atoms with E-state index in [0.29, 0.717) is 6.04 Å². The van der Waals surface area contributed by atoms with Gasteiger partial charge in [0.25, 0.3) is 0 Å². The summed E-state index contributed by atoms with van der Waals surface area (Å²) in [5, 5.41) is 8.96. The summed E-state index contributed by atoms with van der Waals surface area (Å²) in [5.41, 5.74) is 0. The minimum absolute atomic E-state index is 0.233. The molecule has 1 heterocycles. The Balaban J connectivity index is 1.89. The molecule has 1 N–H and O–H groups in total. The predicted octanol–water partition coefficient (Wildman–Crippen LogP) is 1.63. The van der Waals surface area contributed by atoms with Gasteiger partial charge in [-0.2, -0.15) is 0 Å². The molecule has 2 rings (SSSR count). The molecular formula is C11H17NO2. The Labute approximate surface area is 84.3 Å². The van der Waals surface area contributed by atoms with Gasteiger partial charge in [0.15, 0.2) is 0 Å². The van der Waals surface area contributed by atoms with Gasteiger partial charge in [0.1, 0.15) is 5.76 Å². The van der Waals surface area contributed by atoms with Gasteiger partial charge in [-0.1, -0.05) is 6.42 Å². The molecule has 0 atom stereocenters. The van der Waals surface area contributed by atoms with Crippen molar-refractivity contribution in [1.29, 1.82) is 0 Å². The van der Waals surface area contributed by atoms with E-state index < -0.39 is 0 Å². The molecule has 1 aliphatic carbocycles. The summed E-state index contributed by atoms with van der Waals surface area (Å²) in [6.45, 7) is 1.82. The van der Waals surface area contributed by atoms with E-state index in [2.05, 4.69) is 4.90 Å². The van der Waals surface area contributed by atoms with Crippen LogP contribution in [0.3, 0.4) is 0 Å². The number of hydrogen-bond acceptors (Lipinski definition) is 3. The third-order valence-electron chi connectivity index (χ3n) is 2.92. The third-order valence-corrected chi connectivity index (χ3v) is 2.92. The van der Waals surface area contributed by atoms with E-state index >= 15 is 0 Å². The zero-order chi connectivity index (χ0) is 9.80. The molecule has 0 amide bonds. The molecule has 0 aliphatic heterocycles. The molecule has 1 aromatic rings. The van der Waals surface area contributed by atoms with Crippen molar-refractivity contribution in [3.63, 3.8) is 0 Å². The molecule has 1 aromatic heterocycles. The molecule has 0 aromatic carbocycles. The summed E-state index contributed by atoms with van der Waals surface area (Å²) < 4.78 is 5.31.